The highest BCUT2D eigenvalue weighted by atomic mass is 19.1. The molecule has 0 aliphatic carbocycles. The summed E-state index contributed by atoms with van der Waals surface area (Å²) >= 11 is 0. The summed E-state index contributed by atoms with van der Waals surface area (Å²) in [7, 11) is 1.31. The summed E-state index contributed by atoms with van der Waals surface area (Å²) in [6, 6.07) is 2.67. The first kappa shape index (κ1) is 10.6. The van der Waals surface area contributed by atoms with Crippen LogP contribution in [0.15, 0.2) is 18.3 Å². The highest BCUT2D eigenvalue weighted by Crippen LogP contribution is 2.04. The summed E-state index contributed by atoms with van der Waals surface area (Å²) < 4.78 is 17.2. The molecule has 0 aliphatic heterocycles. The minimum atomic E-state index is -1.06. The molecule has 76 valence electrons. The summed E-state index contributed by atoms with van der Waals surface area (Å²) in [4.78, 5) is 14.3. The maximum absolute atomic E-state index is 12.5. The number of carboxylic acids is 1. The maximum Gasteiger partial charge on any atom is 0.333 e. The number of aliphatic carboxylic acids is 1. The molecule has 14 heavy (non-hydrogen) atoms. The van der Waals surface area contributed by atoms with Crippen LogP contribution in [0.3, 0.4) is 0 Å². The van der Waals surface area contributed by atoms with Crippen LogP contribution in [-0.4, -0.2) is 29.3 Å². The monoisotopic (exact) mass is 199 g/mol. The van der Waals surface area contributed by atoms with Gasteiger partial charge in [0, 0.05) is 19.2 Å². The van der Waals surface area contributed by atoms with E-state index < -0.39 is 17.9 Å². The van der Waals surface area contributed by atoms with E-state index in [-0.39, 0.29) is 6.42 Å². The van der Waals surface area contributed by atoms with Crippen molar-refractivity contribution in [2.45, 2.75) is 12.5 Å². The highest BCUT2D eigenvalue weighted by molar-refractivity contribution is 5.72. The molecule has 1 atom stereocenters. The quantitative estimate of drug-likeness (QED) is 0.781. The molecular weight excluding hydrogens is 189 g/mol. The molecule has 4 nitrogen and oxygen atoms in total. The molecule has 1 aromatic rings. The number of nitrogens with zero attached hydrogens (tertiary/aromatic N) is 1. The van der Waals surface area contributed by atoms with Gasteiger partial charge >= 0.3 is 5.97 Å². The van der Waals surface area contributed by atoms with Gasteiger partial charge in [0.15, 0.2) is 6.10 Å². The van der Waals surface area contributed by atoms with Gasteiger partial charge in [-0.2, -0.15) is 0 Å². The van der Waals surface area contributed by atoms with Crippen LogP contribution in [0.2, 0.25) is 0 Å². The van der Waals surface area contributed by atoms with Gasteiger partial charge in [-0.3, -0.25) is 4.98 Å². The Morgan fingerprint density at radius 2 is 2.43 bits per heavy atom. The van der Waals surface area contributed by atoms with Gasteiger partial charge < -0.3 is 9.84 Å². The Bertz CT molecular complexity index is 312. The van der Waals surface area contributed by atoms with E-state index in [4.69, 9.17) is 9.84 Å². The number of rotatable bonds is 4. The first-order valence-electron chi connectivity index (χ1n) is 3.99. The molecular formula is C9H10FNO3. The van der Waals surface area contributed by atoms with Crippen molar-refractivity contribution in [1.29, 1.82) is 0 Å². The molecule has 0 fully saturated rings. The van der Waals surface area contributed by atoms with Crippen LogP contribution in [0.4, 0.5) is 4.39 Å². The summed E-state index contributed by atoms with van der Waals surface area (Å²) in [5, 5.41) is 8.66. The third-order valence-electron chi connectivity index (χ3n) is 1.74. The number of carbonyl (C=O) groups is 1. The summed E-state index contributed by atoms with van der Waals surface area (Å²) in [6.45, 7) is 0. The molecule has 1 aromatic heterocycles. The van der Waals surface area contributed by atoms with E-state index in [1.807, 2.05) is 0 Å². The molecule has 5 heteroatoms. The molecule has 1 rings (SSSR count). The number of pyridine rings is 1. The standard InChI is InChI=1S/C9H10FNO3/c1-14-8(9(12)13)4-7-3-2-6(10)5-11-7/h2-3,5,8H,4H2,1H3,(H,12,13). The predicted octanol–water partition coefficient (Wildman–Crippen LogP) is 0.863. The van der Waals surface area contributed by atoms with Gasteiger partial charge in [0.2, 0.25) is 0 Å². The minimum Gasteiger partial charge on any atom is -0.479 e. The van der Waals surface area contributed by atoms with Crippen molar-refractivity contribution >= 4 is 5.97 Å². The number of carboxylic acid groups (broad SMARTS) is 1. The molecule has 1 heterocycles. The van der Waals surface area contributed by atoms with Gasteiger partial charge in [-0.25, -0.2) is 9.18 Å². The average Bonchev–Trinajstić information content (AvgIpc) is 2.16. The molecule has 0 amide bonds. The summed E-state index contributed by atoms with van der Waals surface area (Å²) in [6.07, 6.45) is 0.240. The molecule has 0 saturated carbocycles. The van der Waals surface area contributed by atoms with Crippen molar-refractivity contribution in [1.82, 2.24) is 4.98 Å². The number of aromatic nitrogens is 1. The molecule has 0 spiro atoms. The van der Waals surface area contributed by atoms with Crippen LogP contribution < -0.4 is 0 Å². The van der Waals surface area contributed by atoms with Gasteiger partial charge in [-0.05, 0) is 12.1 Å². The normalized spacial score (nSPS) is 12.4. The SMILES string of the molecule is COC(Cc1ccc(F)cn1)C(=O)O. The molecule has 0 saturated heterocycles. The molecule has 1 N–H and O–H groups in total. The van der Waals surface area contributed by atoms with Gasteiger partial charge in [0.25, 0.3) is 0 Å². The second-order valence-electron chi connectivity index (χ2n) is 2.73. The average molecular weight is 199 g/mol. The Kier molecular flexibility index (Phi) is 3.53. The lowest BCUT2D eigenvalue weighted by Gasteiger charge is -2.08. The second kappa shape index (κ2) is 4.66. The van der Waals surface area contributed by atoms with Gasteiger partial charge in [-0.1, -0.05) is 0 Å². The lowest BCUT2D eigenvalue weighted by Crippen LogP contribution is -2.25. The lowest BCUT2D eigenvalue weighted by atomic mass is 10.2. The fraction of sp³-hybridized carbons (Fsp3) is 0.333. The van der Waals surface area contributed by atoms with E-state index in [9.17, 15) is 9.18 Å². The number of hydrogen-bond acceptors (Lipinski definition) is 3. The fourth-order valence-electron chi connectivity index (χ4n) is 0.989. The van der Waals surface area contributed by atoms with Crippen molar-refractivity contribution in [3.8, 4) is 0 Å². The van der Waals surface area contributed by atoms with E-state index in [0.29, 0.717) is 5.69 Å². The Labute approximate surface area is 80.3 Å². The van der Waals surface area contributed by atoms with Crippen LogP contribution >= 0.6 is 0 Å². The van der Waals surface area contributed by atoms with Crippen molar-refractivity contribution in [3.05, 3.63) is 29.8 Å². The number of hydrogen-bond donors (Lipinski definition) is 1. The van der Waals surface area contributed by atoms with Crippen LogP contribution in [0.1, 0.15) is 5.69 Å². The fourth-order valence-corrected chi connectivity index (χ4v) is 0.989. The van der Waals surface area contributed by atoms with E-state index in [2.05, 4.69) is 4.98 Å². The number of ether oxygens (including phenoxy) is 1. The summed E-state index contributed by atoms with van der Waals surface area (Å²) in [5.41, 5.74) is 0.487. The molecule has 0 bridgehead atoms. The van der Waals surface area contributed by atoms with Crippen LogP contribution in [-0.2, 0) is 16.0 Å². The largest absolute Gasteiger partial charge is 0.479 e. The zero-order valence-corrected chi connectivity index (χ0v) is 7.61. The highest BCUT2D eigenvalue weighted by Gasteiger charge is 2.17. The minimum absolute atomic E-state index is 0.131. The van der Waals surface area contributed by atoms with E-state index in [1.54, 1.807) is 0 Å². The van der Waals surface area contributed by atoms with Crippen molar-refractivity contribution < 1.29 is 19.0 Å². The lowest BCUT2D eigenvalue weighted by molar-refractivity contribution is -0.148. The predicted molar refractivity (Wildman–Crippen MR) is 46.3 cm³/mol. The van der Waals surface area contributed by atoms with Gasteiger partial charge in [-0.15, -0.1) is 0 Å². The Morgan fingerprint density at radius 1 is 1.71 bits per heavy atom. The topological polar surface area (TPSA) is 59.4 Å². The Balaban J connectivity index is 2.67. The number of methoxy groups -OCH3 is 1. The van der Waals surface area contributed by atoms with Crippen molar-refractivity contribution in [3.63, 3.8) is 0 Å². The zero-order chi connectivity index (χ0) is 10.6. The molecule has 0 aromatic carbocycles. The maximum atomic E-state index is 12.5. The molecule has 0 aliphatic rings. The first-order valence-corrected chi connectivity index (χ1v) is 3.99. The zero-order valence-electron chi connectivity index (χ0n) is 7.61. The third kappa shape index (κ3) is 2.77. The molecule has 1 unspecified atom stereocenters. The van der Waals surface area contributed by atoms with Gasteiger partial charge in [0.05, 0.1) is 6.20 Å². The van der Waals surface area contributed by atoms with E-state index in [1.165, 1.54) is 19.2 Å². The van der Waals surface area contributed by atoms with Crippen LogP contribution in [0.5, 0.6) is 0 Å². The van der Waals surface area contributed by atoms with E-state index in [0.717, 1.165) is 6.20 Å². The van der Waals surface area contributed by atoms with Crippen LogP contribution in [0.25, 0.3) is 0 Å². The van der Waals surface area contributed by atoms with Crippen molar-refractivity contribution in [2.24, 2.45) is 0 Å². The van der Waals surface area contributed by atoms with Gasteiger partial charge in [0.1, 0.15) is 5.82 Å². The number of halogens is 1. The Morgan fingerprint density at radius 3 is 2.86 bits per heavy atom. The second-order valence-corrected chi connectivity index (χ2v) is 2.73. The first-order chi connectivity index (χ1) is 6.63. The van der Waals surface area contributed by atoms with Crippen molar-refractivity contribution in [2.75, 3.05) is 7.11 Å². The van der Waals surface area contributed by atoms with E-state index >= 15 is 0 Å². The third-order valence-corrected chi connectivity index (χ3v) is 1.74. The smallest absolute Gasteiger partial charge is 0.333 e. The Hall–Kier alpha value is -1.49. The van der Waals surface area contributed by atoms with Crippen LogP contribution in [0, 0.1) is 5.82 Å². The summed E-state index contributed by atoms with van der Waals surface area (Å²) in [5.74, 6) is -1.50. The molecule has 0 radical (unpaired) electrons.